The van der Waals surface area contributed by atoms with E-state index in [-0.39, 0.29) is 0 Å². The standard InChI is InChI=1S/C13H20N2O/c1-10-5-6-13(16)12(15-10)9-14-8-7-11-3-2-4-11/h5-6,11,14,16H,2-4,7-9H2,1H3. The van der Waals surface area contributed by atoms with Gasteiger partial charge in [-0.1, -0.05) is 19.3 Å². The Hall–Kier alpha value is -1.09. The van der Waals surface area contributed by atoms with Gasteiger partial charge in [0.15, 0.2) is 0 Å². The number of hydrogen-bond acceptors (Lipinski definition) is 3. The molecule has 1 saturated carbocycles. The summed E-state index contributed by atoms with van der Waals surface area (Å²) in [5, 5.41) is 12.9. The zero-order chi connectivity index (χ0) is 11.4. The molecule has 0 spiro atoms. The van der Waals surface area contributed by atoms with Gasteiger partial charge in [0.25, 0.3) is 0 Å². The highest BCUT2D eigenvalue weighted by Gasteiger charge is 2.16. The fraction of sp³-hybridized carbons (Fsp3) is 0.615. The third kappa shape index (κ3) is 2.95. The molecular formula is C13H20N2O. The Balaban J connectivity index is 1.73. The summed E-state index contributed by atoms with van der Waals surface area (Å²) >= 11 is 0. The van der Waals surface area contributed by atoms with E-state index in [0.717, 1.165) is 23.9 Å². The van der Waals surface area contributed by atoms with Gasteiger partial charge >= 0.3 is 0 Å². The lowest BCUT2D eigenvalue weighted by Gasteiger charge is -2.25. The van der Waals surface area contributed by atoms with Crippen LogP contribution in [0.15, 0.2) is 12.1 Å². The van der Waals surface area contributed by atoms with Crippen molar-refractivity contribution in [2.75, 3.05) is 6.54 Å². The number of pyridine rings is 1. The molecule has 0 amide bonds. The lowest BCUT2D eigenvalue weighted by molar-refractivity contribution is 0.291. The maximum Gasteiger partial charge on any atom is 0.138 e. The fourth-order valence-electron chi connectivity index (χ4n) is 2.03. The monoisotopic (exact) mass is 220 g/mol. The summed E-state index contributed by atoms with van der Waals surface area (Å²) < 4.78 is 0. The summed E-state index contributed by atoms with van der Waals surface area (Å²) in [7, 11) is 0. The van der Waals surface area contributed by atoms with E-state index < -0.39 is 0 Å². The van der Waals surface area contributed by atoms with Gasteiger partial charge in [0.2, 0.25) is 0 Å². The maximum atomic E-state index is 9.60. The average Bonchev–Trinajstić information content (AvgIpc) is 2.20. The van der Waals surface area contributed by atoms with Crippen molar-refractivity contribution >= 4 is 0 Å². The summed E-state index contributed by atoms with van der Waals surface area (Å²) in [6, 6.07) is 3.54. The van der Waals surface area contributed by atoms with Gasteiger partial charge in [0, 0.05) is 12.2 Å². The normalized spacial score (nSPS) is 16.1. The molecule has 88 valence electrons. The van der Waals surface area contributed by atoms with Gasteiger partial charge in [-0.3, -0.25) is 4.98 Å². The molecule has 0 atom stereocenters. The summed E-state index contributed by atoms with van der Waals surface area (Å²) in [5.74, 6) is 1.23. The second-order valence-electron chi connectivity index (χ2n) is 4.68. The Morgan fingerprint density at radius 1 is 1.44 bits per heavy atom. The summed E-state index contributed by atoms with van der Waals surface area (Å²) in [5.41, 5.74) is 1.71. The van der Waals surface area contributed by atoms with Crippen LogP contribution in [0.3, 0.4) is 0 Å². The molecular weight excluding hydrogens is 200 g/mol. The largest absolute Gasteiger partial charge is 0.506 e. The maximum absolute atomic E-state index is 9.60. The minimum absolute atomic E-state index is 0.293. The molecule has 1 aromatic rings. The van der Waals surface area contributed by atoms with Crippen molar-refractivity contribution in [3.63, 3.8) is 0 Å². The molecule has 0 bridgehead atoms. The van der Waals surface area contributed by atoms with E-state index in [4.69, 9.17) is 0 Å². The topological polar surface area (TPSA) is 45.1 Å². The van der Waals surface area contributed by atoms with Crippen LogP contribution in [0.25, 0.3) is 0 Å². The van der Waals surface area contributed by atoms with Crippen molar-refractivity contribution in [1.82, 2.24) is 10.3 Å². The van der Waals surface area contributed by atoms with Crippen molar-refractivity contribution < 1.29 is 5.11 Å². The van der Waals surface area contributed by atoms with Crippen molar-refractivity contribution in [1.29, 1.82) is 0 Å². The molecule has 0 aromatic carbocycles. The van der Waals surface area contributed by atoms with Gasteiger partial charge in [-0.2, -0.15) is 0 Å². The van der Waals surface area contributed by atoms with E-state index in [2.05, 4.69) is 10.3 Å². The molecule has 0 aliphatic heterocycles. The van der Waals surface area contributed by atoms with E-state index in [1.807, 2.05) is 13.0 Å². The van der Waals surface area contributed by atoms with E-state index >= 15 is 0 Å². The van der Waals surface area contributed by atoms with Gasteiger partial charge < -0.3 is 10.4 Å². The van der Waals surface area contributed by atoms with Gasteiger partial charge in [-0.05, 0) is 37.9 Å². The number of rotatable bonds is 5. The van der Waals surface area contributed by atoms with Crippen LogP contribution >= 0.6 is 0 Å². The first-order chi connectivity index (χ1) is 7.75. The number of aromatic nitrogens is 1. The second-order valence-corrected chi connectivity index (χ2v) is 4.68. The highest BCUT2D eigenvalue weighted by Crippen LogP contribution is 2.28. The number of nitrogens with zero attached hydrogens (tertiary/aromatic N) is 1. The first-order valence-corrected chi connectivity index (χ1v) is 6.12. The number of aromatic hydroxyl groups is 1. The Labute approximate surface area is 96.9 Å². The van der Waals surface area contributed by atoms with Gasteiger partial charge in [0.1, 0.15) is 5.75 Å². The second kappa shape index (κ2) is 5.30. The van der Waals surface area contributed by atoms with Crippen molar-refractivity contribution in [3.05, 3.63) is 23.5 Å². The molecule has 1 heterocycles. The van der Waals surface area contributed by atoms with Gasteiger partial charge in [0.05, 0.1) is 5.69 Å². The summed E-state index contributed by atoms with van der Waals surface area (Å²) in [4.78, 5) is 4.31. The Kier molecular flexibility index (Phi) is 3.78. The van der Waals surface area contributed by atoms with Crippen LogP contribution in [-0.4, -0.2) is 16.6 Å². The molecule has 0 radical (unpaired) electrons. The SMILES string of the molecule is Cc1ccc(O)c(CNCCC2CCC2)n1. The predicted molar refractivity (Wildman–Crippen MR) is 64.3 cm³/mol. The molecule has 1 aliphatic rings. The third-order valence-corrected chi connectivity index (χ3v) is 3.34. The minimum Gasteiger partial charge on any atom is -0.506 e. The van der Waals surface area contributed by atoms with E-state index in [1.54, 1.807) is 6.07 Å². The van der Waals surface area contributed by atoms with Crippen LogP contribution in [0, 0.1) is 12.8 Å². The van der Waals surface area contributed by atoms with Crippen molar-refractivity contribution in [2.24, 2.45) is 5.92 Å². The Bertz CT molecular complexity index is 348. The Morgan fingerprint density at radius 3 is 2.94 bits per heavy atom. The molecule has 3 heteroatoms. The van der Waals surface area contributed by atoms with Crippen LogP contribution in [0.2, 0.25) is 0 Å². The fourth-order valence-corrected chi connectivity index (χ4v) is 2.03. The van der Waals surface area contributed by atoms with E-state index in [9.17, 15) is 5.11 Å². The number of hydrogen-bond donors (Lipinski definition) is 2. The first kappa shape index (κ1) is 11.4. The van der Waals surface area contributed by atoms with Crippen LogP contribution in [0.1, 0.15) is 37.1 Å². The molecule has 1 fully saturated rings. The summed E-state index contributed by atoms with van der Waals surface area (Å²) in [6.45, 7) is 3.64. The van der Waals surface area contributed by atoms with Crippen LogP contribution in [-0.2, 0) is 6.54 Å². The first-order valence-electron chi connectivity index (χ1n) is 6.12. The zero-order valence-corrected chi connectivity index (χ0v) is 9.87. The molecule has 1 aliphatic carbocycles. The minimum atomic E-state index is 0.293. The van der Waals surface area contributed by atoms with Crippen LogP contribution < -0.4 is 5.32 Å². The molecule has 2 rings (SSSR count). The lowest BCUT2D eigenvalue weighted by atomic mass is 9.83. The third-order valence-electron chi connectivity index (χ3n) is 3.34. The molecule has 0 unspecified atom stereocenters. The Morgan fingerprint density at radius 2 is 2.25 bits per heavy atom. The number of aryl methyl sites for hydroxylation is 1. The number of nitrogens with one attached hydrogen (secondary N) is 1. The molecule has 3 nitrogen and oxygen atoms in total. The van der Waals surface area contributed by atoms with Crippen LogP contribution in [0.5, 0.6) is 5.75 Å². The van der Waals surface area contributed by atoms with Crippen molar-refractivity contribution in [3.8, 4) is 5.75 Å². The van der Waals surface area contributed by atoms with Gasteiger partial charge in [-0.25, -0.2) is 0 Å². The van der Waals surface area contributed by atoms with E-state index in [1.165, 1.54) is 25.7 Å². The van der Waals surface area contributed by atoms with Gasteiger partial charge in [-0.15, -0.1) is 0 Å². The molecule has 0 saturated heterocycles. The zero-order valence-electron chi connectivity index (χ0n) is 9.87. The summed E-state index contributed by atoms with van der Waals surface area (Å²) in [6.07, 6.45) is 5.46. The average molecular weight is 220 g/mol. The lowest BCUT2D eigenvalue weighted by Crippen LogP contribution is -2.21. The highest BCUT2D eigenvalue weighted by molar-refractivity contribution is 5.27. The molecule has 16 heavy (non-hydrogen) atoms. The molecule has 1 aromatic heterocycles. The highest BCUT2D eigenvalue weighted by atomic mass is 16.3. The van der Waals surface area contributed by atoms with E-state index in [0.29, 0.717) is 12.3 Å². The van der Waals surface area contributed by atoms with Crippen LogP contribution in [0.4, 0.5) is 0 Å². The predicted octanol–water partition coefficient (Wildman–Crippen LogP) is 2.38. The molecule has 2 N–H and O–H groups in total. The van der Waals surface area contributed by atoms with Crippen molar-refractivity contribution in [2.45, 2.75) is 39.2 Å². The quantitative estimate of drug-likeness (QED) is 0.749. The smallest absolute Gasteiger partial charge is 0.138 e.